The number of benzene rings is 2. The van der Waals surface area contributed by atoms with E-state index in [9.17, 15) is 4.79 Å². The van der Waals surface area contributed by atoms with Crippen LogP contribution in [-0.4, -0.2) is 32.6 Å². The molecular weight excluding hydrogens is 328 g/mol. The fraction of sp³-hybridized carbons (Fsp3) is 0.300. The summed E-state index contributed by atoms with van der Waals surface area (Å²) in [4.78, 5) is 11.7. The van der Waals surface area contributed by atoms with Gasteiger partial charge in [-0.2, -0.15) is 0 Å². The van der Waals surface area contributed by atoms with Crippen molar-refractivity contribution >= 4 is 5.78 Å². The monoisotopic (exact) mass is 350 g/mol. The molecule has 0 aliphatic carbocycles. The molecule has 1 aromatic heterocycles. The number of hydrogen-bond donors (Lipinski definition) is 0. The van der Waals surface area contributed by atoms with Gasteiger partial charge in [0.15, 0.2) is 5.82 Å². The van der Waals surface area contributed by atoms with Crippen LogP contribution in [-0.2, 0) is 16.1 Å². The summed E-state index contributed by atoms with van der Waals surface area (Å²) in [6.07, 6.45) is 1.04. The quantitative estimate of drug-likeness (QED) is 0.553. The van der Waals surface area contributed by atoms with Crippen LogP contribution in [0.15, 0.2) is 60.7 Å². The van der Waals surface area contributed by atoms with E-state index in [1.165, 1.54) is 0 Å². The van der Waals surface area contributed by atoms with Gasteiger partial charge in [0.05, 0.1) is 12.6 Å². The molecule has 0 aliphatic heterocycles. The van der Waals surface area contributed by atoms with Gasteiger partial charge in [-0.15, -0.1) is 5.10 Å². The first kappa shape index (κ1) is 17.9. The van der Waals surface area contributed by atoms with Crippen molar-refractivity contribution in [1.29, 1.82) is 0 Å². The van der Waals surface area contributed by atoms with Gasteiger partial charge < -0.3 is 4.74 Å². The van der Waals surface area contributed by atoms with E-state index >= 15 is 0 Å². The van der Waals surface area contributed by atoms with Crippen molar-refractivity contribution in [2.45, 2.75) is 32.4 Å². The van der Waals surface area contributed by atoms with E-state index in [1.807, 2.05) is 60.7 Å². The highest BCUT2D eigenvalue weighted by atomic mass is 16.5. The third kappa shape index (κ3) is 4.83. The zero-order valence-corrected chi connectivity index (χ0v) is 14.8. The van der Waals surface area contributed by atoms with Gasteiger partial charge in [-0.3, -0.25) is 4.79 Å². The zero-order valence-electron chi connectivity index (χ0n) is 14.8. The van der Waals surface area contributed by atoms with Crippen LogP contribution in [0.4, 0.5) is 0 Å². The maximum Gasteiger partial charge on any atom is 0.182 e. The molecule has 6 nitrogen and oxygen atoms in total. The summed E-state index contributed by atoms with van der Waals surface area (Å²) in [6.45, 7) is 2.67. The van der Waals surface area contributed by atoms with Gasteiger partial charge >= 0.3 is 0 Å². The number of nitrogens with zero attached hydrogens (tertiary/aromatic N) is 4. The standard InChI is InChI=1S/C20H22N4O2/c1-16(25)14-19(12-13-26-15-17-8-4-2-5-9-17)24-20(21-22-23-24)18-10-6-3-7-11-18/h2-11,19H,12-15H2,1H3. The number of aromatic nitrogens is 4. The van der Waals surface area contributed by atoms with Crippen molar-refractivity contribution < 1.29 is 9.53 Å². The molecular formula is C20H22N4O2. The summed E-state index contributed by atoms with van der Waals surface area (Å²) >= 11 is 0. The molecule has 0 N–H and O–H groups in total. The first-order valence-electron chi connectivity index (χ1n) is 8.68. The average Bonchev–Trinajstić information content (AvgIpc) is 3.15. The van der Waals surface area contributed by atoms with E-state index in [2.05, 4.69) is 15.5 Å². The van der Waals surface area contributed by atoms with Crippen molar-refractivity contribution in [3.8, 4) is 11.4 Å². The highest BCUT2D eigenvalue weighted by molar-refractivity contribution is 5.76. The second kappa shape index (κ2) is 9.01. The Hall–Kier alpha value is -2.86. The number of ketones is 1. The molecule has 0 bridgehead atoms. The van der Waals surface area contributed by atoms with Gasteiger partial charge in [0.25, 0.3) is 0 Å². The van der Waals surface area contributed by atoms with Crippen molar-refractivity contribution in [3.63, 3.8) is 0 Å². The predicted molar refractivity (Wildman–Crippen MR) is 98.3 cm³/mol. The maximum absolute atomic E-state index is 11.7. The molecule has 0 amide bonds. The van der Waals surface area contributed by atoms with Crippen molar-refractivity contribution in [1.82, 2.24) is 20.2 Å². The van der Waals surface area contributed by atoms with Crippen molar-refractivity contribution in [2.75, 3.05) is 6.61 Å². The van der Waals surface area contributed by atoms with Gasteiger partial charge in [0.1, 0.15) is 5.78 Å². The van der Waals surface area contributed by atoms with Gasteiger partial charge in [-0.25, -0.2) is 4.68 Å². The Kier molecular flexibility index (Phi) is 6.22. The summed E-state index contributed by atoms with van der Waals surface area (Å²) in [5.74, 6) is 0.771. The molecule has 0 aliphatic rings. The largest absolute Gasteiger partial charge is 0.377 e. The van der Waals surface area contributed by atoms with Crippen LogP contribution < -0.4 is 0 Å². The maximum atomic E-state index is 11.7. The van der Waals surface area contributed by atoms with Crippen LogP contribution in [0.3, 0.4) is 0 Å². The number of Topliss-reactive ketones (excluding diaryl/α,β-unsaturated/α-hetero) is 1. The van der Waals surface area contributed by atoms with Gasteiger partial charge in [-0.1, -0.05) is 60.7 Å². The zero-order chi connectivity index (χ0) is 18.2. The Morgan fingerprint density at radius 2 is 1.77 bits per heavy atom. The molecule has 3 rings (SSSR count). The lowest BCUT2D eigenvalue weighted by molar-refractivity contribution is -0.117. The minimum Gasteiger partial charge on any atom is -0.377 e. The molecule has 134 valence electrons. The Morgan fingerprint density at radius 3 is 2.46 bits per heavy atom. The van der Waals surface area contributed by atoms with Gasteiger partial charge in [0, 0.05) is 18.6 Å². The fourth-order valence-electron chi connectivity index (χ4n) is 2.84. The molecule has 0 saturated carbocycles. The fourth-order valence-corrected chi connectivity index (χ4v) is 2.84. The molecule has 0 radical (unpaired) electrons. The van der Waals surface area contributed by atoms with Crippen LogP contribution in [0.25, 0.3) is 11.4 Å². The second-order valence-corrected chi connectivity index (χ2v) is 6.20. The third-order valence-electron chi connectivity index (χ3n) is 4.10. The van der Waals surface area contributed by atoms with Crippen LogP contribution in [0.5, 0.6) is 0 Å². The number of hydrogen-bond acceptors (Lipinski definition) is 5. The number of tetrazole rings is 1. The lowest BCUT2D eigenvalue weighted by Crippen LogP contribution is -2.17. The molecule has 1 atom stereocenters. The number of carbonyl (C=O) groups is 1. The lowest BCUT2D eigenvalue weighted by Gasteiger charge is -2.17. The SMILES string of the molecule is CC(=O)CC(CCOCc1ccccc1)n1nnnc1-c1ccccc1. The molecule has 26 heavy (non-hydrogen) atoms. The first-order chi connectivity index (χ1) is 12.7. The minimum absolute atomic E-state index is 0.104. The van der Waals surface area contributed by atoms with E-state index < -0.39 is 0 Å². The third-order valence-corrected chi connectivity index (χ3v) is 4.10. The van der Waals surface area contributed by atoms with Crippen LogP contribution in [0.1, 0.15) is 31.4 Å². The molecule has 0 spiro atoms. The predicted octanol–water partition coefficient (Wildman–Crippen LogP) is 3.47. The molecule has 1 unspecified atom stereocenters. The molecule has 6 heteroatoms. The summed E-state index contributed by atoms with van der Waals surface area (Å²) < 4.78 is 7.52. The normalized spacial score (nSPS) is 12.0. The Balaban J connectivity index is 1.67. The summed E-state index contributed by atoms with van der Waals surface area (Å²) in [5.41, 5.74) is 2.05. The van der Waals surface area contributed by atoms with E-state index in [1.54, 1.807) is 11.6 Å². The van der Waals surface area contributed by atoms with Crippen LogP contribution in [0.2, 0.25) is 0 Å². The Morgan fingerprint density at radius 1 is 1.08 bits per heavy atom. The topological polar surface area (TPSA) is 69.9 Å². The lowest BCUT2D eigenvalue weighted by atomic mass is 10.1. The summed E-state index contributed by atoms with van der Waals surface area (Å²) in [7, 11) is 0. The number of carbonyl (C=O) groups excluding carboxylic acids is 1. The summed E-state index contributed by atoms with van der Waals surface area (Å²) in [6, 6.07) is 19.6. The summed E-state index contributed by atoms with van der Waals surface area (Å²) in [5, 5.41) is 12.1. The second-order valence-electron chi connectivity index (χ2n) is 6.20. The number of rotatable bonds is 9. The Bertz CT molecular complexity index is 818. The molecule has 0 saturated heterocycles. The van der Waals surface area contributed by atoms with Crippen LogP contribution in [0, 0.1) is 0 Å². The Labute approximate surface area is 152 Å². The van der Waals surface area contributed by atoms with E-state index in [0.717, 1.165) is 11.1 Å². The van der Waals surface area contributed by atoms with Gasteiger partial charge in [0.2, 0.25) is 0 Å². The van der Waals surface area contributed by atoms with Crippen LogP contribution >= 0.6 is 0 Å². The number of ether oxygens (including phenoxy) is 1. The highest BCUT2D eigenvalue weighted by Crippen LogP contribution is 2.23. The molecule has 1 heterocycles. The van der Waals surface area contributed by atoms with Crippen molar-refractivity contribution in [3.05, 3.63) is 66.2 Å². The first-order valence-corrected chi connectivity index (χ1v) is 8.68. The highest BCUT2D eigenvalue weighted by Gasteiger charge is 2.20. The average molecular weight is 350 g/mol. The minimum atomic E-state index is -0.131. The van der Waals surface area contributed by atoms with Crippen molar-refractivity contribution in [2.24, 2.45) is 0 Å². The molecule has 3 aromatic rings. The smallest absolute Gasteiger partial charge is 0.182 e. The van der Waals surface area contributed by atoms with Gasteiger partial charge in [-0.05, 0) is 29.3 Å². The molecule has 0 fully saturated rings. The van der Waals surface area contributed by atoms with E-state index in [-0.39, 0.29) is 11.8 Å². The molecule has 2 aromatic carbocycles. The van der Waals surface area contributed by atoms with E-state index in [0.29, 0.717) is 31.9 Å². The van der Waals surface area contributed by atoms with E-state index in [4.69, 9.17) is 4.74 Å².